The Morgan fingerprint density at radius 2 is 1.59 bits per heavy atom. The lowest BCUT2D eigenvalue weighted by Gasteiger charge is -2.48. The van der Waals surface area contributed by atoms with E-state index in [-0.39, 0.29) is 17.6 Å². The summed E-state index contributed by atoms with van der Waals surface area (Å²) < 4.78 is 0. The van der Waals surface area contributed by atoms with E-state index in [0.29, 0.717) is 13.0 Å². The van der Waals surface area contributed by atoms with Crippen LogP contribution in [0, 0.1) is 5.41 Å². The number of nitrogens with one attached hydrogen (secondary N) is 1. The fourth-order valence-electron chi connectivity index (χ4n) is 6.94. The second kappa shape index (κ2) is 7.78. The molecule has 170 valence electrons. The van der Waals surface area contributed by atoms with Crippen molar-refractivity contribution in [2.75, 3.05) is 18.9 Å². The van der Waals surface area contributed by atoms with Gasteiger partial charge in [0.1, 0.15) is 5.54 Å². The number of hydrogen-bond acceptors (Lipinski definition) is 3. The number of nitrogens with zero attached hydrogens (tertiary/aromatic N) is 1. The molecule has 0 unspecified atom stereocenters. The molecule has 0 radical (unpaired) electrons. The van der Waals surface area contributed by atoms with Crippen molar-refractivity contribution in [3.05, 3.63) is 107 Å². The van der Waals surface area contributed by atoms with Gasteiger partial charge in [0.2, 0.25) is 0 Å². The zero-order valence-electron chi connectivity index (χ0n) is 19.3. The summed E-state index contributed by atoms with van der Waals surface area (Å²) in [5.74, 6) is -0.0424. The van der Waals surface area contributed by atoms with Crippen LogP contribution < -0.4 is 5.32 Å². The third kappa shape index (κ3) is 2.69. The Hall–Kier alpha value is -3.50. The van der Waals surface area contributed by atoms with Gasteiger partial charge in [0.15, 0.2) is 5.78 Å². The molecule has 1 N–H and O–H groups in total. The summed E-state index contributed by atoms with van der Waals surface area (Å²) in [5.41, 5.74) is 2.81. The van der Waals surface area contributed by atoms with Crippen LogP contribution >= 0.6 is 0 Å². The zero-order valence-corrected chi connectivity index (χ0v) is 19.3. The van der Waals surface area contributed by atoms with Gasteiger partial charge in [-0.1, -0.05) is 78.9 Å². The summed E-state index contributed by atoms with van der Waals surface area (Å²) >= 11 is 0. The van der Waals surface area contributed by atoms with Crippen LogP contribution in [0.5, 0.6) is 0 Å². The summed E-state index contributed by atoms with van der Waals surface area (Å²) in [6, 6.07) is 28.2. The number of likely N-dealkylation sites (N-methyl/N-ethyl adjacent to an activating group) is 1. The van der Waals surface area contributed by atoms with Crippen LogP contribution in [0.3, 0.4) is 0 Å². The summed E-state index contributed by atoms with van der Waals surface area (Å²) in [5, 5.41) is 3.14. The van der Waals surface area contributed by atoms with E-state index in [4.69, 9.17) is 0 Å². The van der Waals surface area contributed by atoms with Crippen molar-refractivity contribution < 1.29 is 9.59 Å². The van der Waals surface area contributed by atoms with Gasteiger partial charge in [-0.2, -0.15) is 0 Å². The standard InChI is InChI=1S/C30H28N2O2/c1-32-20-25(22-13-6-3-7-14-22)29(30(32)24-16-8-9-17-26(24)31-28(30)34)18-10-15-23(27(29)33)19-21-11-4-2-5-12-21/h2-9,11-14,16-17,19,25H,10,15,18,20H2,1H3,(H,31,34)/b23-19+/t25-,29+,30+/m0/s1. The lowest BCUT2D eigenvalue weighted by molar-refractivity contribution is -0.144. The third-order valence-electron chi connectivity index (χ3n) is 8.22. The number of carbonyl (C=O) groups excluding carboxylic acids is 2. The average molecular weight is 449 g/mol. The summed E-state index contributed by atoms with van der Waals surface area (Å²) in [7, 11) is 2.01. The number of hydrogen-bond donors (Lipinski definition) is 1. The molecule has 1 aliphatic carbocycles. The fraction of sp³-hybridized carbons (Fsp3) is 0.267. The molecular formula is C30H28N2O2. The molecule has 2 aliphatic heterocycles. The highest BCUT2D eigenvalue weighted by Gasteiger charge is 2.73. The largest absolute Gasteiger partial charge is 0.324 e. The third-order valence-corrected chi connectivity index (χ3v) is 8.22. The predicted octanol–water partition coefficient (Wildman–Crippen LogP) is 5.39. The smallest absolute Gasteiger partial charge is 0.250 e. The monoisotopic (exact) mass is 448 g/mol. The van der Waals surface area contributed by atoms with Crippen molar-refractivity contribution in [3.8, 4) is 0 Å². The topological polar surface area (TPSA) is 49.4 Å². The minimum Gasteiger partial charge on any atom is -0.324 e. The molecule has 1 amide bonds. The second-order valence-corrected chi connectivity index (χ2v) is 9.79. The van der Waals surface area contributed by atoms with Gasteiger partial charge in [0.05, 0.1) is 5.41 Å². The van der Waals surface area contributed by atoms with E-state index in [1.807, 2.05) is 85.9 Å². The Morgan fingerprint density at radius 1 is 0.912 bits per heavy atom. The van der Waals surface area contributed by atoms with Gasteiger partial charge in [0.25, 0.3) is 5.91 Å². The number of fused-ring (bicyclic) bond motifs is 3. The normalized spacial score (nSPS) is 29.7. The molecule has 3 atom stereocenters. The second-order valence-electron chi connectivity index (χ2n) is 9.79. The molecule has 0 bridgehead atoms. The Balaban J connectivity index is 1.61. The molecule has 2 fully saturated rings. The molecule has 6 rings (SSSR count). The SMILES string of the molecule is CN1C[C@@H](c2ccccc2)[C@@]2(CCC/C(=C\c3ccccc3)C2=O)[C@@]12C(=O)Nc1ccccc12. The number of anilines is 1. The lowest BCUT2D eigenvalue weighted by Crippen LogP contribution is -2.60. The summed E-state index contributed by atoms with van der Waals surface area (Å²) in [6.45, 7) is 0.649. The minimum absolute atomic E-state index is 0.0797. The predicted molar refractivity (Wildman–Crippen MR) is 134 cm³/mol. The van der Waals surface area contributed by atoms with Crippen LogP contribution in [0.25, 0.3) is 6.08 Å². The van der Waals surface area contributed by atoms with Crippen LogP contribution in [-0.4, -0.2) is 30.2 Å². The van der Waals surface area contributed by atoms with E-state index in [9.17, 15) is 9.59 Å². The molecule has 4 nitrogen and oxygen atoms in total. The van der Waals surface area contributed by atoms with Gasteiger partial charge >= 0.3 is 0 Å². The van der Waals surface area contributed by atoms with Crippen LogP contribution in [-0.2, 0) is 15.1 Å². The van der Waals surface area contributed by atoms with Crippen LogP contribution in [0.1, 0.15) is 41.9 Å². The van der Waals surface area contributed by atoms with Crippen LogP contribution in [0.15, 0.2) is 90.5 Å². The zero-order chi connectivity index (χ0) is 23.3. The number of ketones is 1. The maximum absolute atomic E-state index is 14.7. The maximum atomic E-state index is 14.7. The van der Waals surface area contributed by atoms with E-state index in [1.165, 1.54) is 0 Å². The van der Waals surface area contributed by atoms with Gasteiger partial charge in [0, 0.05) is 23.7 Å². The number of allylic oxidation sites excluding steroid dienone is 1. The highest BCUT2D eigenvalue weighted by Crippen LogP contribution is 2.66. The molecule has 4 heteroatoms. The number of Topliss-reactive ketones (excluding diaryl/α,β-unsaturated/α-hetero) is 1. The van der Waals surface area contributed by atoms with Gasteiger partial charge in [-0.15, -0.1) is 0 Å². The molecule has 2 heterocycles. The molecule has 1 saturated heterocycles. The molecule has 34 heavy (non-hydrogen) atoms. The Kier molecular flexibility index (Phi) is 4.82. The number of benzene rings is 3. The van der Waals surface area contributed by atoms with Crippen molar-refractivity contribution >= 4 is 23.5 Å². The van der Waals surface area contributed by atoms with Gasteiger partial charge in [-0.3, -0.25) is 14.5 Å². The van der Waals surface area contributed by atoms with Gasteiger partial charge in [-0.25, -0.2) is 0 Å². The summed E-state index contributed by atoms with van der Waals surface area (Å²) in [6.07, 6.45) is 4.33. The Labute approximate surface area is 200 Å². The molecule has 2 spiro atoms. The Morgan fingerprint density at radius 3 is 2.35 bits per heavy atom. The van der Waals surface area contributed by atoms with Crippen molar-refractivity contribution in [1.82, 2.24) is 4.90 Å². The van der Waals surface area contributed by atoms with E-state index in [0.717, 1.165) is 40.8 Å². The first kappa shape index (κ1) is 21.1. The highest BCUT2D eigenvalue weighted by molar-refractivity contribution is 6.15. The molecule has 3 aromatic rings. The van der Waals surface area contributed by atoms with Crippen molar-refractivity contribution in [3.63, 3.8) is 0 Å². The number of para-hydroxylation sites is 1. The van der Waals surface area contributed by atoms with E-state index in [2.05, 4.69) is 22.3 Å². The number of amides is 1. The molecular weight excluding hydrogens is 420 g/mol. The average Bonchev–Trinajstić information content (AvgIpc) is 3.31. The van der Waals surface area contributed by atoms with Crippen molar-refractivity contribution in [2.24, 2.45) is 5.41 Å². The number of likely N-dealkylation sites (tertiary alicyclic amines) is 1. The lowest BCUT2D eigenvalue weighted by atomic mass is 9.53. The van der Waals surface area contributed by atoms with Crippen LogP contribution in [0.4, 0.5) is 5.69 Å². The van der Waals surface area contributed by atoms with E-state index >= 15 is 0 Å². The fourth-order valence-corrected chi connectivity index (χ4v) is 6.94. The first-order valence-electron chi connectivity index (χ1n) is 12.1. The van der Waals surface area contributed by atoms with Gasteiger partial charge < -0.3 is 5.32 Å². The number of rotatable bonds is 2. The number of carbonyl (C=O) groups is 2. The Bertz CT molecular complexity index is 1300. The van der Waals surface area contributed by atoms with Crippen LogP contribution in [0.2, 0.25) is 0 Å². The quantitative estimate of drug-likeness (QED) is 0.535. The van der Waals surface area contributed by atoms with Crippen molar-refractivity contribution in [2.45, 2.75) is 30.7 Å². The highest BCUT2D eigenvalue weighted by atomic mass is 16.2. The first-order valence-corrected chi connectivity index (χ1v) is 12.1. The molecule has 3 aromatic carbocycles. The minimum atomic E-state index is -1.03. The van der Waals surface area contributed by atoms with E-state index < -0.39 is 11.0 Å². The van der Waals surface area contributed by atoms with Crippen molar-refractivity contribution in [1.29, 1.82) is 0 Å². The molecule has 0 aromatic heterocycles. The molecule has 3 aliphatic rings. The van der Waals surface area contributed by atoms with E-state index in [1.54, 1.807) is 0 Å². The maximum Gasteiger partial charge on any atom is 0.250 e. The van der Waals surface area contributed by atoms with Gasteiger partial charge in [-0.05, 0) is 55.2 Å². The summed E-state index contributed by atoms with van der Waals surface area (Å²) in [4.78, 5) is 30.9. The molecule has 1 saturated carbocycles. The first-order chi connectivity index (χ1) is 16.6.